The van der Waals surface area contributed by atoms with Crippen LogP contribution in [0.1, 0.15) is 23.2 Å². The van der Waals surface area contributed by atoms with E-state index in [1.165, 1.54) is 12.1 Å². The molecule has 9 heteroatoms. The molecule has 0 radical (unpaired) electrons. The average molecular weight is 496 g/mol. The molecule has 148 valence electrons. The molecule has 0 saturated heterocycles. The van der Waals surface area contributed by atoms with E-state index in [4.69, 9.17) is 23.2 Å². The van der Waals surface area contributed by atoms with Crippen molar-refractivity contribution in [2.45, 2.75) is 18.2 Å². The average Bonchev–Trinajstić information content (AvgIpc) is 3.07. The Labute approximate surface area is 184 Å². The minimum Gasteiger partial charge on any atom is -0.322 e. The Bertz CT molecular complexity index is 1160. The lowest BCUT2D eigenvalue weighted by Gasteiger charge is -2.15. The minimum atomic E-state index is -0.666. The van der Waals surface area contributed by atoms with Crippen molar-refractivity contribution >= 4 is 73.4 Å². The summed E-state index contributed by atoms with van der Waals surface area (Å²) < 4.78 is 15.4. The fraction of sp³-hybridized carbons (Fsp3) is 0.150. The van der Waals surface area contributed by atoms with E-state index in [-0.39, 0.29) is 16.9 Å². The third kappa shape index (κ3) is 4.37. The van der Waals surface area contributed by atoms with Crippen LogP contribution in [0.25, 0.3) is 11.0 Å². The van der Waals surface area contributed by atoms with Crippen molar-refractivity contribution in [1.82, 2.24) is 9.97 Å². The van der Waals surface area contributed by atoms with Crippen molar-refractivity contribution in [3.63, 3.8) is 0 Å². The number of halogens is 4. The van der Waals surface area contributed by atoms with E-state index in [1.807, 2.05) is 6.08 Å². The number of aromatic amines is 1. The van der Waals surface area contributed by atoms with Crippen molar-refractivity contribution in [2.24, 2.45) is 4.99 Å². The number of alkyl halides is 1. The van der Waals surface area contributed by atoms with Gasteiger partial charge in [-0.2, -0.15) is 0 Å². The molecule has 0 aliphatic heterocycles. The van der Waals surface area contributed by atoms with E-state index in [2.05, 4.69) is 36.2 Å². The first kappa shape index (κ1) is 20.1. The summed E-state index contributed by atoms with van der Waals surface area (Å²) in [6.45, 7) is 0. The van der Waals surface area contributed by atoms with E-state index in [1.54, 1.807) is 24.3 Å². The van der Waals surface area contributed by atoms with Crippen LogP contribution in [0, 0.1) is 5.82 Å². The van der Waals surface area contributed by atoms with Crippen LogP contribution >= 0.6 is 39.1 Å². The van der Waals surface area contributed by atoms with Gasteiger partial charge in [-0.1, -0.05) is 33.6 Å². The van der Waals surface area contributed by atoms with Crippen molar-refractivity contribution < 1.29 is 9.18 Å². The minimum absolute atomic E-state index is 0.114. The Morgan fingerprint density at radius 1 is 1.31 bits per heavy atom. The van der Waals surface area contributed by atoms with Crippen LogP contribution in [0.2, 0.25) is 0 Å². The van der Waals surface area contributed by atoms with Gasteiger partial charge >= 0.3 is 0 Å². The summed E-state index contributed by atoms with van der Waals surface area (Å²) in [6.07, 6.45) is 3.37. The smallest absolute Gasteiger partial charge is 0.258 e. The molecule has 1 aromatic heterocycles. The molecule has 0 saturated carbocycles. The number of carbonyl (C=O) groups excluding carboxylic acids is 1. The molecule has 1 aliphatic carbocycles. The van der Waals surface area contributed by atoms with Gasteiger partial charge < -0.3 is 10.3 Å². The fourth-order valence-corrected chi connectivity index (χ4v) is 3.86. The molecule has 0 spiro atoms. The topological polar surface area (TPSA) is 70.1 Å². The van der Waals surface area contributed by atoms with E-state index >= 15 is 0 Å². The number of anilines is 1. The fourth-order valence-electron chi connectivity index (χ4n) is 2.96. The molecular formula is C20H14BrCl2FN4O. The van der Waals surface area contributed by atoms with Crippen molar-refractivity contribution in [3.05, 3.63) is 63.4 Å². The third-order valence-electron chi connectivity index (χ3n) is 4.42. The van der Waals surface area contributed by atoms with E-state index in [9.17, 15) is 9.18 Å². The highest BCUT2D eigenvalue weighted by Crippen LogP contribution is 2.27. The number of amides is 1. The summed E-state index contributed by atoms with van der Waals surface area (Å²) in [4.78, 5) is 24.2. The molecule has 1 amide bonds. The van der Waals surface area contributed by atoms with Gasteiger partial charge in [-0.25, -0.2) is 14.4 Å². The first-order valence-corrected chi connectivity index (χ1v) is 10.4. The Balaban J connectivity index is 1.65. The maximum atomic E-state index is 14.5. The first-order valence-electron chi connectivity index (χ1n) is 8.75. The van der Waals surface area contributed by atoms with Crippen molar-refractivity contribution in [1.29, 1.82) is 0 Å². The van der Waals surface area contributed by atoms with Crippen LogP contribution in [0.3, 0.4) is 0 Å². The number of rotatable bonds is 3. The number of hydrogen-bond acceptors (Lipinski definition) is 3. The number of aliphatic imine (C=N–C) groups is 1. The zero-order valence-electron chi connectivity index (χ0n) is 14.8. The third-order valence-corrected chi connectivity index (χ3v) is 5.72. The molecule has 2 aromatic carbocycles. The maximum Gasteiger partial charge on any atom is 0.258 e. The zero-order valence-corrected chi connectivity index (χ0v) is 17.9. The van der Waals surface area contributed by atoms with E-state index in [0.717, 1.165) is 17.3 Å². The molecule has 5 nitrogen and oxygen atoms in total. The zero-order chi connectivity index (χ0) is 20.5. The van der Waals surface area contributed by atoms with Crippen molar-refractivity contribution in [2.75, 3.05) is 5.32 Å². The Morgan fingerprint density at radius 3 is 2.79 bits per heavy atom. The number of nitrogens with zero attached hydrogens (tertiary/aromatic N) is 2. The molecular weight excluding hydrogens is 482 g/mol. The number of H-pyrrole nitrogens is 1. The normalized spacial score (nSPS) is 18.1. The predicted molar refractivity (Wildman–Crippen MR) is 118 cm³/mol. The summed E-state index contributed by atoms with van der Waals surface area (Å²) in [7, 11) is 0. The number of allylic oxidation sites excluding steroid dienone is 2. The Hall–Kier alpha value is -2.22. The Morgan fingerprint density at radius 2 is 2.07 bits per heavy atom. The van der Waals surface area contributed by atoms with Gasteiger partial charge in [0, 0.05) is 16.2 Å². The number of fused-ring (bicyclic) bond motifs is 1. The largest absolute Gasteiger partial charge is 0.322 e. The molecule has 29 heavy (non-hydrogen) atoms. The molecule has 2 N–H and O–H groups in total. The highest BCUT2D eigenvalue weighted by atomic mass is 79.9. The molecule has 1 aliphatic rings. The number of aromatic nitrogens is 2. The van der Waals surface area contributed by atoms with Crippen molar-refractivity contribution in [3.8, 4) is 0 Å². The molecule has 4 rings (SSSR count). The molecule has 1 heterocycles. The van der Waals surface area contributed by atoms with Gasteiger partial charge in [0.15, 0.2) is 0 Å². The highest BCUT2D eigenvalue weighted by molar-refractivity contribution is 9.10. The summed E-state index contributed by atoms with van der Waals surface area (Å²) in [5.41, 5.74) is 1.79. The lowest BCUT2D eigenvalue weighted by atomic mass is 10.1. The summed E-state index contributed by atoms with van der Waals surface area (Å²) >= 11 is 15.8. The second kappa shape index (κ2) is 8.26. The number of hydrogen-bond donors (Lipinski definition) is 2. The van der Waals surface area contributed by atoms with E-state index < -0.39 is 11.7 Å². The van der Waals surface area contributed by atoms with Gasteiger partial charge in [-0.05, 0) is 43.2 Å². The molecule has 3 aromatic rings. The van der Waals surface area contributed by atoms with Gasteiger partial charge in [0.2, 0.25) is 5.95 Å². The molecule has 1 unspecified atom stereocenters. The lowest BCUT2D eigenvalue weighted by Crippen LogP contribution is -2.18. The van der Waals surface area contributed by atoms with Crippen LogP contribution in [-0.4, -0.2) is 27.0 Å². The first-order chi connectivity index (χ1) is 13.9. The molecule has 0 bridgehead atoms. The van der Waals surface area contributed by atoms with Gasteiger partial charge in [-0.15, -0.1) is 11.6 Å². The lowest BCUT2D eigenvalue weighted by molar-refractivity contribution is 0.102. The highest BCUT2D eigenvalue weighted by Gasteiger charge is 2.21. The van der Waals surface area contributed by atoms with Gasteiger partial charge in [0.05, 0.1) is 32.7 Å². The van der Waals surface area contributed by atoms with Crippen LogP contribution in [0.5, 0.6) is 0 Å². The van der Waals surface area contributed by atoms with Gasteiger partial charge in [-0.3, -0.25) is 4.79 Å². The standard InChI is InChI=1S/C20H14BrCl2FN4O/c21-10-4-6-11(7-5-10)25-19(29)12-8-16-17(9-15(12)24)27-20(26-16)28-18-13(22)2-1-3-14(18)23/h2,4-9,14H,1,3H2,(H,25,29)(H,26,27). The Kier molecular flexibility index (Phi) is 5.72. The summed E-state index contributed by atoms with van der Waals surface area (Å²) in [6, 6.07) is 9.59. The second-order valence-electron chi connectivity index (χ2n) is 6.46. The number of nitrogens with one attached hydrogen (secondary N) is 2. The van der Waals surface area contributed by atoms with Gasteiger partial charge in [0.25, 0.3) is 5.91 Å². The van der Waals surface area contributed by atoms with Crippen LogP contribution in [0.4, 0.5) is 16.0 Å². The van der Waals surface area contributed by atoms with Gasteiger partial charge in [0.1, 0.15) is 5.82 Å². The predicted octanol–water partition coefficient (Wildman–Crippen LogP) is 6.31. The molecule has 0 fully saturated rings. The summed E-state index contributed by atoms with van der Waals surface area (Å²) in [5, 5.41) is 2.84. The van der Waals surface area contributed by atoms with E-state index in [0.29, 0.717) is 27.5 Å². The SMILES string of the molecule is O=C(Nc1ccc(Br)cc1)c1cc2nc(N=C3C(Cl)=CCCC3Cl)[nH]c2cc1F. The van der Waals surface area contributed by atoms with Crippen LogP contribution < -0.4 is 5.32 Å². The number of carbonyl (C=O) groups is 1. The quantitative estimate of drug-likeness (QED) is 0.418. The molecule has 1 atom stereocenters. The number of benzene rings is 2. The number of imidazole rings is 1. The van der Waals surface area contributed by atoms with Crippen LogP contribution in [-0.2, 0) is 0 Å². The van der Waals surface area contributed by atoms with Crippen LogP contribution in [0.15, 0.2) is 57.0 Å². The second-order valence-corrected chi connectivity index (χ2v) is 8.31. The monoisotopic (exact) mass is 494 g/mol. The summed E-state index contributed by atoms with van der Waals surface area (Å²) in [5.74, 6) is -0.985. The maximum absolute atomic E-state index is 14.5.